The Kier molecular flexibility index (Phi) is 3.62. The van der Waals surface area contributed by atoms with Crippen molar-refractivity contribution in [2.45, 2.75) is 38.1 Å². The van der Waals surface area contributed by atoms with E-state index in [-0.39, 0.29) is 23.8 Å². The molecule has 1 aliphatic carbocycles. The SMILES string of the molecule is COc1c([C@@H]2CCCN2C(=O)[C@H]2C[C@H]2c2ccco2)c(C)nn1C. The van der Waals surface area contributed by atoms with Gasteiger partial charge in [-0.2, -0.15) is 5.10 Å². The van der Waals surface area contributed by atoms with Gasteiger partial charge in [-0.1, -0.05) is 0 Å². The van der Waals surface area contributed by atoms with Crippen molar-refractivity contribution in [2.75, 3.05) is 13.7 Å². The molecule has 1 saturated heterocycles. The van der Waals surface area contributed by atoms with E-state index in [1.54, 1.807) is 18.1 Å². The molecule has 0 radical (unpaired) electrons. The lowest BCUT2D eigenvalue weighted by Gasteiger charge is -2.25. The standard InChI is InChI=1S/C18H23N3O3/c1-11-16(18(23-3)20(2)19-11)14-6-4-8-21(14)17(22)13-10-12(13)15-7-5-9-24-15/h5,7,9,12-14H,4,6,8,10H2,1-3H3/t12-,13+,14+/m1/s1. The number of carbonyl (C=O) groups is 1. The van der Waals surface area contributed by atoms with Crippen molar-refractivity contribution >= 4 is 5.91 Å². The van der Waals surface area contributed by atoms with Crippen LogP contribution in [0.3, 0.4) is 0 Å². The zero-order valence-electron chi connectivity index (χ0n) is 14.4. The zero-order chi connectivity index (χ0) is 16.8. The van der Waals surface area contributed by atoms with Crippen LogP contribution in [0.15, 0.2) is 22.8 Å². The maximum Gasteiger partial charge on any atom is 0.226 e. The van der Waals surface area contributed by atoms with E-state index in [9.17, 15) is 4.79 Å². The predicted molar refractivity (Wildman–Crippen MR) is 87.7 cm³/mol. The van der Waals surface area contributed by atoms with Gasteiger partial charge in [-0.25, -0.2) is 4.68 Å². The van der Waals surface area contributed by atoms with Gasteiger partial charge in [0.05, 0.1) is 30.7 Å². The Hall–Kier alpha value is -2.24. The van der Waals surface area contributed by atoms with Crippen LogP contribution in [0.4, 0.5) is 0 Å². The Balaban J connectivity index is 1.57. The highest BCUT2D eigenvalue weighted by Gasteiger charge is 2.49. The Morgan fingerprint density at radius 3 is 3.00 bits per heavy atom. The maximum atomic E-state index is 13.0. The van der Waals surface area contributed by atoms with Crippen molar-refractivity contribution in [3.63, 3.8) is 0 Å². The van der Waals surface area contributed by atoms with Gasteiger partial charge in [0, 0.05) is 25.4 Å². The van der Waals surface area contributed by atoms with E-state index >= 15 is 0 Å². The highest BCUT2D eigenvalue weighted by Crippen LogP contribution is 2.50. The average molecular weight is 329 g/mol. The molecule has 4 rings (SSSR count). The Labute approximate surface area is 141 Å². The number of aryl methyl sites for hydroxylation is 2. The van der Waals surface area contributed by atoms with Crippen LogP contribution in [0.1, 0.15) is 48.2 Å². The first-order chi connectivity index (χ1) is 11.6. The molecule has 2 aliphatic rings. The van der Waals surface area contributed by atoms with Gasteiger partial charge < -0.3 is 14.1 Å². The summed E-state index contributed by atoms with van der Waals surface area (Å²) >= 11 is 0. The number of rotatable bonds is 4. The topological polar surface area (TPSA) is 60.5 Å². The van der Waals surface area contributed by atoms with Gasteiger partial charge in [0.15, 0.2) is 0 Å². The molecule has 0 unspecified atom stereocenters. The Bertz CT molecular complexity index is 750. The molecule has 1 aliphatic heterocycles. The van der Waals surface area contributed by atoms with Crippen LogP contribution in [-0.2, 0) is 11.8 Å². The number of amides is 1. The zero-order valence-corrected chi connectivity index (χ0v) is 14.4. The van der Waals surface area contributed by atoms with E-state index in [4.69, 9.17) is 9.15 Å². The Morgan fingerprint density at radius 1 is 1.46 bits per heavy atom. The van der Waals surface area contributed by atoms with E-state index in [1.165, 1.54) is 0 Å². The number of hydrogen-bond acceptors (Lipinski definition) is 4. The monoisotopic (exact) mass is 329 g/mol. The highest BCUT2D eigenvalue weighted by molar-refractivity contribution is 5.83. The molecule has 3 heterocycles. The molecule has 0 aromatic carbocycles. The molecule has 1 amide bonds. The largest absolute Gasteiger partial charge is 0.481 e. The summed E-state index contributed by atoms with van der Waals surface area (Å²) in [6.45, 7) is 2.80. The van der Waals surface area contributed by atoms with Gasteiger partial charge in [0.2, 0.25) is 11.8 Å². The summed E-state index contributed by atoms with van der Waals surface area (Å²) in [5, 5.41) is 4.47. The average Bonchev–Trinajstić information content (AvgIpc) is 2.95. The lowest BCUT2D eigenvalue weighted by Crippen LogP contribution is -2.32. The summed E-state index contributed by atoms with van der Waals surface area (Å²) in [5.74, 6) is 2.23. The number of aromatic nitrogens is 2. The van der Waals surface area contributed by atoms with Crippen molar-refractivity contribution < 1.29 is 13.9 Å². The van der Waals surface area contributed by atoms with Crippen LogP contribution in [0, 0.1) is 12.8 Å². The summed E-state index contributed by atoms with van der Waals surface area (Å²) in [4.78, 5) is 15.1. The smallest absolute Gasteiger partial charge is 0.226 e. The Morgan fingerprint density at radius 2 is 2.29 bits per heavy atom. The van der Waals surface area contributed by atoms with Crippen molar-refractivity contribution in [2.24, 2.45) is 13.0 Å². The minimum atomic E-state index is 0.0553. The summed E-state index contributed by atoms with van der Waals surface area (Å²) in [5.41, 5.74) is 2.00. The van der Waals surface area contributed by atoms with E-state index in [1.807, 2.05) is 31.0 Å². The second-order valence-electron chi connectivity index (χ2n) is 6.79. The molecule has 0 N–H and O–H groups in total. The third kappa shape index (κ3) is 2.32. The molecule has 2 aromatic rings. The van der Waals surface area contributed by atoms with E-state index in [0.29, 0.717) is 0 Å². The highest BCUT2D eigenvalue weighted by atomic mass is 16.5. The molecule has 0 spiro atoms. The quantitative estimate of drug-likeness (QED) is 0.865. The van der Waals surface area contributed by atoms with E-state index in [2.05, 4.69) is 5.10 Å². The lowest BCUT2D eigenvalue weighted by molar-refractivity contribution is -0.133. The van der Waals surface area contributed by atoms with Crippen molar-refractivity contribution in [1.29, 1.82) is 0 Å². The number of methoxy groups -OCH3 is 1. The van der Waals surface area contributed by atoms with Gasteiger partial charge in [-0.15, -0.1) is 0 Å². The van der Waals surface area contributed by atoms with Crippen LogP contribution in [0.25, 0.3) is 0 Å². The molecule has 6 heteroatoms. The number of carbonyl (C=O) groups excluding carboxylic acids is 1. The molecular formula is C18H23N3O3. The molecule has 24 heavy (non-hydrogen) atoms. The normalized spacial score (nSPS) is 26.0. The molecule has 0 bridgehead atoms. The fourth-order valence-electron chi connectivity index (χ4n) is 4.11. The number of likely N-dealkylation sites (tertiary alicyclic amines) is 1. The second kappa shape index (κ2) is 5.69. The third-order valence-corrected chi connectivity index (χ3v) is 5.29. The first kappa shape index (κ1) is 15.3. The molecular weight excluding hydrogens is 306 g/mol. The second-order valence-corrected chi connectivity index (χ2v) is 6.79. The van der Waals surface area contributed by atoms with Crippen LogP contribution < -0.4 is 4.74 Å². The minimum Gasteiger partial charge on any atom is -0.481 e. The number of furan rings is 1. The van der Waals surface area contributed by atoms with Crippen LogP contribution >= 0.6 is 0 Å². The fraction of sp³-hybridized carbons (Fsp3) is 0.556. The van der Waals surface area contributed by atoms with Crippen molar-refractivity contribution in [3.05, 3.63) is 35.4 Å². The first-order valence-corrected chi connectivity index (χ1v) is 8.53. The fourth-order valence-corrected chi connectivity index (χ4v) is 4.11. The molecule has 3 atom stereocenters. The van der Waals surface area contributed by atoms with Crippen LogP contribution in [0.2, 0.25) is 0 Å². The molecule has 2 aromatic heterocycles. The number of nitrogens with zero attached hydrogens (tertiary/aromatic N) is 3. The van der Waals surface area contributed by atoms with Gasteiger partial charge in [0.1, 0.15) is 5.76 Å². The van der Waals surface area contributed by atoms with Crippen molar-refractivity contribution in [1.82, 2.24) is 14.7 Å². The summed E-state index contributed by atoms with van der Waals surface area (Å²) < 4.78 is 12.8. The first-order valence-electron chi connectivity index (χ1n) is 8.53. The van der Waals surface area contributed by atoms with Gasteiger partial charge in [-0.3, -0.25) is 4.79 Å². The van der Waals surface area contributed by atoms with Crippen LogP contribution in [-0.4, -0.2) is 34.2 Å². The molecule has 6 nitrogen and oxygen atoms in total. The van der Waals surface area contributed by atoms with Gasteiger partial charge >= 0.3 is 0 Å². The minimum absolute atomic E-state index is 0.0553. The van der Waals surface area contributed by atoms with Crippen molar-refractivity contribution in [3.8, 4) is 5.88 Å². The maximum absolute atomic E-state index is 13.0. The lowest BCUT2D eigenvalue weighted by atomic mass is 10.0. The molecule has 2 fully saturated rings. The summed E-state index contributed by atoms with van der Waals surface area (Å²) in [6, 6.07) is 3.92. The van der Waals surface area contributed by atoms with E-state index < -0.39 is 0 Å². The predicted octanol–water partition coefficient (Wildman–Crippen LogP) is 2.80. The summed E-state index contributed by atoms with van der Waals surface area (Å²) in [7, 11) is 3.54. The van der Waals surface area contributed by atoms with Crippen LogP contribution in [0.5, 0.6) is 5.88 Å². The van der Waals surface area contributed by atoms with Gasteiger partial charge in [0.25, 0.3) is 0 Å². The molecule has 128 valence electrons. The van der Waals surface area contributed by atoms with E-state index in [0.717, 1.165) is 48.7 Å². The van der Waals surface area contributed by atoms with Gasteiger partial charge in [-0.05, 0) is 38.3 Å². The number of hydrogen-bond donors (Lipinski definition) is 0. The number of ether oxygens (including phenoxy) is 1. The third-order valence-electron chi connectivity index (χ3n) is 5.29. The summed E-state index contributed by atoms with van der Waals surface area (Å²) in [6.07, 6.45) is 4.55. The molecule has 1 saturated carbocycles.